The Morgan fingerprint density at radius 3 is 2.43 bits per heavy atom. The van der Waals surface area contributed by atoms with Crippen LogP contribution in [-0.2, 0) is 6.18 Å². The molecular weight excluding hydrogens is 365 g/mol. The normalized spacial score (nSPS) is 15.3. The first-order valence-electron chi connectivity index (χ1n) is 9.23. The molecule has 0 N–H and O–H groups in total. The molecule has 7 heteroatoms. The maximum Gasteiger partial charge on any atom is 0.416 e. The highest BCUT2D eigenvalue weighted by atomic mass is 19.4. The van der Waals surface area contributed by atoms with Crippen molar-refractivity contribution in [1.29, 1.82) is 5.26 Å². The number of hydrogen-bond acceptors (Lipinski definition) is 4. The molecule has 2 aromatic carbocycles. The van der Waals surface area contributed by atoms with Crippen molar-refractivity contribution in [3.63, 3.8) is 0 Å². The molecule has 1 aliphatic rings. The lowest BCUT2D eigenvalue weighted by Crippen LogP contribution is -2.48. The Balaban J connectivity index is 1.51. The van der Waals surface area contributed by atoms with Gasteiger partial charge in [0.05, 0.1) is 17.2 Å². The Morgan fingerprint density at radius 2 is 1.75 bits per heavy atom. The van der Waals surface area contributed by atoms with Crippen LogP contribution in [0.2, 0.25) is 0 Å². The van der Waals surface area contributed by atoms with E-state index >= 15 is 0 Å². The van der Waals surface area contributed by atoms with Gasteiger partial charge >= 0.3 is 6.18 Å². The van der Waals surface area contributed by atoms with Crippen molar-refractivity contribution in [3.8, 4) is 6.07 Å². The van der Waals surface area contributed by atoms with Gasteiger partial charge in [-0.15, -0.1) is 0 Å². The van der Waals surface area contributed by atoms with Gasteiger partial charge in [0, 0.05) is 57.7 Å². The molecule has 4 nitrogen and oxygen atoms in total. The van der Waals surface area contributed by atoms with Crippen LogP contribution in [0.4, 0.5) is 24.5 Å². The summed E-state index contributed by atoms with van der Waals surface area (Å²) in [6.07, 6.45) is -4.31. The topological polar surface area (TPSA) is 33.5 Å². The highest BCUT2D eigenvalue weighted by molar-refractivity contribution is 5.51. The lowest BCUT2D eigenvalue weighted by Gasteiger charge is -2.37. The van der Waals surface area contributed by atoms with Crippen LogP contribution in [0.25, 0.3) is 0 Å². The van der Waals surface area contributed by atoms with Gasteiger partial charge in [0.15, 0.2) is 0 Å². The molecule has 2 aromatic rings. The second-order valence-electron chi connectivity index (χ2n) is 6.96. The molecule has 3 rings (SSSR count). The number of nitrogens with zero attached hydrogens (tertiary/aromatic N) is 4. The van der Waals surface area contributed by atoms with Crippen LogP contribution >= 0.6 is 0 Å². The van der Waals surface area contributed by atoms with Crippen LogP contribution in [0.1, 0.15) is 11.1 Å². The number of halogens is 3. The largest absolute Gasteiger partial charge is 0.416 e. The monoisotopic (exact) mass is 388 g/mol. The highest BCUT2D eigenvalue weighted by Crippen LogP contribution is 2.31. The van der Waals surface area contributed by atoms with Gasteiger partial charge < -0.3 is 9.80 Å². The summed E-state index contributed by atoms with van der Waals surface area (Å²) in [5.74, 6) is 0. The molecule has 0 aromatic heterocycles. The van der Waals surface area contributed by atoms with Gasteiger partial charge in [-0.1, -0.05) is 12.1 Å². The van der Waals surface area contributed by atoms with Crippen molar-refractivity contribution in [3.05, 3.63) is 59.7 Å². The zero-order valence-corrected chi connectivity index (χ0v) is 15.8. The maximum absolute atomic E-state index is 12.9. The molecule has 1 heterocycles. The van der Waals surface area contributed by atoms with E-state index in [-0.39, 0.29) is 0 Å². The van der Waals surface area contributed by atoms with Gasteiger partial charge in [-0.25, -0.2) is 0 Å². The number of likely N-dealkylation sites (N-methyl/N-ethyl adjacent to an activating group) is 1. The minimum absolute atomic E-state index is 0.603. The second kappa shape index (κ2) is 8.53. The maximum atomic E-state index is 12.9. The van der Waals surface area contributed by atoms with E-state index in [2.05, 4.69) is 15.9 Å². The summed E-state index contributed by atoms with van der Waals surface area (Å²) in [6, 6.07) is 15.2. The zero-order chi connectivity index (χ0) is 20.1. The molecule has 0 bridgehead atoms. The fourth-order valence-corrected chi connectivity index (χ4v) is 3.34. The van der Waals surface area contributed by atoms with Crippen molar-refractivity contribution < 1.29 is 13.2 Å². The number of anilines is 2. The highest BCUT2D eigenvalue weighted by Gasteiger charge is 2.31. The number of alkyl halides is 3. The van der Waals surface area contributed by atoms with E-state index in [0.717, 1.165) is 37.9 Å². The standard InChI is InChI=1S/C21H23F3N4/c1-26(19-6-2-4-17(14-19)16-25)8-9-27-10-12-28(13-11-27)20-7-3-5-18(15-20)21(22,23)24/h2-7,14-15H,8-13H2,1H3. The molecule has 0 radical (unpaired) electrons. The molecule has 0 unspecified atom stereocenters. The van der Waals surface area contributed by atoms with Gasteiger partial charge in [-0.05, 0) is 36.4 Å². The summed E-state index contributed by atoms with van der Waals surface area (Å²) in [5.41, 5.74) is 1.66. The smallest absolute Gasteiger partial charge is 0.373 e. The molecule has 0 saturated carbocycles. The van der Waals surface area contributed by atoms with Crippen LogP contribution in [0.15, 0.2) is 48.5 Å². The first-order valence-corrected chi connectivity index (χ1v) is 9.23. The third-order valence-corrected chi connectivity index (χ3v) is 5.08. The van der Waals surface area contributed by atoms with Gasteiger partial charge in [-0.2, -0.15) is 18.4 Å². The minimum Gasteiger partial charge on any atom is -0.373 e. The number of benzene rings is 2. The Bertz CT molecular complexity index is 836. The van der Waals surface area contributed by atoms with Crippen molar-refractivity contribution in [2.75, 3.05) is 56.1 Å². The Labute approximate surface area is 163 Å². The predicted molar refractivity (Wildman–Crippen MR) is 105 cm³/mol. The summed E-state index contributed by atoms with van der Waals surface area (Å²) >= 11 is 0. The summed E-state index contributed by atoms with van der Waals surface area (Å²) in [6.45, 7) is 4.71. The van der Waals surface area contributed by atoms with Gasteiger partial charge in [0.2, 0.25) is 0 Å². The van der Waals surface area contributed by atoms with E-state index in [4.69, 9.17) is 5.26 Å². The third kappa shape index (κ3) is 4.96. The molecule has 1 aliphatic heterocycles. The summed E-state index contributed by atoms with van der Waals surface area (Å²) in [7, 11) is 2.00. The Hall–Kier alpha value is -2.72. The SMILES string of the molecule is CN(CCN1CCN(c2cccc(C(F)(F)F)c2)CC1)c1cccc(C#N)c1. The van der Waals surface area contributed by atoms with Gasteiger partial charge in [0.1, 0.15) is 0 Å². The average Bonchev–Trinajstić information content (AvgIpc) is 2.72. The fraction of sp³-hybridized carbons (Fsp3) is 0.381. The molecule has 0 atom stereocenters. The van der Waals surface area contributed by atoms with Crippen LogP contribution in [0.5, 0.6) is 0 Å². The first kappa shape index (κ1) is 20.0. The first-order chi connectivity index (χ1) is 13.4. The summed E-state index contributed by atoms with van der Waals surface area (Å²) < 4.78 is 38.7. The number of nitriles is 1. The Morgan fingerprint density at radius 1 is 1.04 bits per heavy atom. The van der Waals surface area contributed by atoms with E-state index in [1.54, 1.807) is 12.1 Å². The van der Waals surface area contributed by atoms with Crippen LogP contribution < -0.4 is 9.80 Å². The number of hydrogen-bond donors (Lipinski definition) is 0. The molecule has 0 amide bonds. The molecule has 0 aliphatic carbocycles. The second-order valence-corrected chi connectivity index (χ2v) is 6.96. The molecule has 148 valence electrons. The van der Waals surface area contributed by atoms with Crippen molar-refractivity contribution in [2.24, 2.45) is 0 Å². The molecule has 1 fully saturated rings. The molecular formula is C21H23F3N4. The average molecular weight is 388 g/mol. The van der Waals surface area contributed by atoms with Crippen molar-refractivity contribution >= 4 is 11.4 Å². The number of piperazine rings is 1. The van der Waals surface area contributed by atoms with Crippen LogP contribution in [0, 0.1) is 11.3 Å². The lowest BCUT2D eigenvalue weighted by molar-refractivity contribution is -0.137. The molecule has 28 heavy (non-hydrogen) atoms. The van der Waals surface area contributed by atoms with Crippen LogP contribution in [-0.4, -0.2) is 51.2 Å². The van der Waals surface area contributed by atoms with E-state index in [0.29, 0.717) is 24.3 Å². The quantitative estimate of drug-likeness (QED) is 0.780. The van der Waals surface area contributed by atoms with Crippen molar-refractivity contribution in [2.45, 2.75) is 6.18 Å². The lowest BCUT2D eigenvalue weighted by atomic mass is 10.1. The summed E-state index contributed by atoms with van der Waals surface area (Å²) in [4.78, 5) is 6.43. The van der Waals surface area contributed by atoms with E-state index in [9.17, 15) is 13.2 Å². The van der Waals surface area contributed by atoms with E-state index < -0.39 is 11.7 Å². The molecule has 1 saturated heterocycles. The third-order valence-electron chi connectivity index (χ3n) is 5.08. The Kier molecular flexibility index (Phi) is 6.10. The molecule has 0 spiro atoms. The number of rotatable bonds is 5. The van der Waals surface area contributed by atoms with Crippen molar-refractivity contribution in [1.82, 2.24) is 4.90 Å². The van der Waals surface area contributed by atoms with Gasteiger partial charge in [0.25, 0.3) is 0 Å². The summed E-state index contributed by atoms with van der Waals surface area (Å²) in [5, 5.41) is 9.01. The van der Waals surface area contributed by atoms with E-state index in [1.165, 1.54) is 12.1 Å². The van der Waals surface area contributed by atoms with E-state index in [1.807, 2.05) is 30.1 Å². The zero-order valence-electron chi connectivity index (χ0n) is 15.8. The van der Waals surface area contributed by atoms with Gasteiger partial charge in [-0.3, -0.25) is 4.90 Å². The minimum atomic E-state index is -4.31. The predicted octanol–water partition coefficient (Wildman–Crippen LogP) is 3.84. The fourth-order valence-electron chi connectivity index (χ4n) is 3.34. The van der Waals surface area contributed by atoms with Crippen LogP contribution in [0.3, 0.4) is 0 Å².